The standard InChI is InChI=1S/C41H38N4O.Pd/c1-24(2)41-40(39-28(6)17-26(4)18-29(39)7)30(8)43-45(41)31-19-27(5)20-33(22-31)46-32-13-14-35-34-11-9-10-12-36(34)44(37(35)23-32)38-21-25(3)15-16-42-38;/h9-21,24H,1-8H3;/q-2;+2. The van der Waals surface area contributed by atoms with Gasteiger partial charge < -0.3 is 9.30 Å². The Labute approximate surface area is 290 Å². The van der Waals surface area contributed by atoms with Gasteiger partial charge in [0.2, 0.25) is 0 Å². The molecule has 4 aromatic carbocycles. The summed E-state index contributed by atoms with van der Waals surface area (Å²) in [7, 11) is 0. The summed E-state index contributed by atoms with van der Waals surface area (Å²) in [5.74, 6) is 2.33. The number of hydrogen-bond acceptors (Lipinski definition) is 3. The smallest absolute Gasteiger partial charge is 0.509 e. The van der Waals surface area contributed by atoms with Crippen LogP contribution in [0.5, 0.6) is 11.5 Å². The molecule has 5 nitrogen and oxygen atoms in total. The first kappa shape index (κ1) is 32.4. The van der Waals surface area contributed by atoms with Gasteiger partial charge in [-0.3, -0.25) is 4.68 Å². The quantitative estimate of drug-likeness (QED) is 0.128. The molecule has 0 radical (unpaired) electrons. The number of nitrogens with zero attached hydrogens (tertiary/aromatic N) is 4. The number of rotatable bonds is 6. The minimum absolute atomic E-state index is 0. The van der Waals surface area contributed by atoms with Crippen LogP contribution in [0.15, 0.2) is 79.0 Å². The number of pyridine rings is 1. The van der Waals surface area contributed by atoms with E-state index in [-0.39, 0.29) is 26.3 Å². The molecule has 238 valence electrons. The van der Waals surface area contributed by atoms with Gasteiger partial charge in [-0.05, 0) is 92.1 Å². The van der Waals surface area contributed by atoms with E-state index in [1.54, 1.807) is 0 Å². The van der Waals surface area contributed by atoms with E-state index < -0.39 is 0 Å². The number of fused-ring (bicyclic) bond motifs is 3. The van der Waals surface area contributed by atoms with Crippen molar-refractivity contribution in [2.45, 2.75) is 61.3 Å². The molecule has 0 saturated carbocycles. The maximum atomic E-state index is 6.53. The molecule has 0 N–H and O–H groups in total. The molecule has 0 aliphatic heterocycles. The largest absolute Gasteiger partial charge is 2.00 e. The van der Waals surface area contributed by atoms with Crippen LogP contribution in [0.2, 0.25) is 0 Å². The van der Waals surface area contributed by atoms with E-state index in [1.807, 2.05) is 24.4 Å². The summed E-state index contributed by atoms with van der Waals surface area (Å²) in [4.78, 5) is 4.71. The fourth-order valence-corrected chi connectivity index (χ4v) is 6.91. The van der Waals surface area contributed by atoms with Crippen LogP contribution in [-0.2, 0) is 20.4 Å². The molecule has 6 heteroatoms. The molecule has 0 fully saturated rings. The average Bonchev–Trinajstić information content (AvgIpc) is 3.51. The maximum absolute atomic E-state index is 6.53. The zero-order valence-corrected chi connectivity index (χ0v) is 29.7. The summed E-state index contributed by atoms with van der Waals surface area (Å²) in [5, 5.41) is 7.35. The Hall–Kier alpha value is -4.50. The minimum atomic E-state index is 0. The molecule has 0 atom stereocenters. The fraction of sp³-hybridized carbons (Fsp3) is 0.220. The summed E-state index contributed by atoms with van der Waals surface area (Å²) in [5.41, 5.74) is 13.5. The number of hydrogen-bond donors (Lipinski definition) is 0. The molecule has 0 spiro atoms. The zero-order chi connectivity index (χ0) is 32.3. The molecular formula is C41H38N4OPd. The van der Waals surface area contributed by atoms with Crippen molar-refractivity contribution in [1.29, 1.82) is 0 Å². The summed E-state index contributed by atoms with van der Waals surface area (Å²) >= 11 is 0. The normalized spacial score (nSPS) is 11.4. The fourth-order valence-electron chi connectivity index (χ4n) is 6.91. The van der Waals surface area contributed by atoms with Crippen LogP contribution in [0.25, 0.3) is 44.4 Å². The van der Waals surface area contributed by atoms with Gasteiger partial charge in [-0.1, -0.05) is 62.2 Å². The topological polar surface area (TPSA) is 44.9 Å². The van der Waals surface area contributed by atoms with Gasteiger partial charge in [-0.25, -0.2) is 4.98 Å². The van der Waals surface area contributed by atoms with Crippen molar-refractivity contribution in [3.05, 3.63) is 130 Å². The zero-order valence-electron chi connectivity index (χ0n) is 28.1. The third-order valence-corrected chi connectivity index (χ3v) is 8.68. The van der Waals surface area contributed by atoms with Gasteiger partial charge in [0.15, 0.2) is 0 Å². The van der Waals surface area contributed by atoms with Crippen molar-refractivity contribution in [2.75, 3.05) is 0 Å². The van der Waals surface area contributed by atoms with Crippen molar-refractivity contribution in [2.24, 2.45) is 0 Å². The first-order valence-corrected chi connectivity index (χ1v) is 15.9. The Kier molecular flexibility index (Phi) is 8.70. The van der Waals surface area contributed by atoms with Crippen LogP contribution < -0.4 is 4.74 Å². The van der Waals surface area contributed by atoms with Crippen molar-refractivity contribution in [3.8, 4) is 34.1 Å². The van der Waals surface area contributed by atoms with Crippen LogP contribution in [0, 0.1) is 53.7 Å². The maximum Gasteiger partial charge on any atom is 2.00 e. The molecular weight excluding hydrogens is 671 g/mol. The molecule has 3 heterocycles. The van der Waals surface area contributed by atoms with Gasteiger partial charge in [-0.15, -0.1) is 35.7 Å². The SMILES string of the molecule is Cc1cc(Oc2[c-]c3c(cc2)c2ccccc2n3-c2cc(C)ccn2)[c-]c(-n2nc(C)c(-c3c(C)cc(C)cc3C)c2C(C)C)c1.[Pd+2]. The van der Waals surface area contributed by atoms with Gasteiger partial charge in [-0.2, -0.15) is 16.7 Å². The van der Waals surface area contributed by atoms with Crippen molar-refractivity contribution >= 4 is 21.8 Å². The van der Waals surface area contributed by atoms with E-state index in [9.17, 15) is 0 Å². The molecule has 3 aromatic heterocycles. The van der Waals surface area contributed by atoms with Crippen LogP contribution in [0.1, 0.15) is 59.0 Å². The van der Waals surface area contributed by atoms with Gasteiger partial charge in [0, 0.05) is 28.8 Å². The Morgan fingerprint density at radius 2 is 1.43 bits per heavy atom. The van der Waals surface area contributed by atoms with Gasteiger partial charge in [0.25, 0.3) is 0 Å². The third kappa shape index (κ3) is 5.82. The predicted molar refractivity (Wildman–Crippen MR) is 188 cm³/mol. The first-order valence-electron chi connectivity index (χ1n) is 15.9. The molecule has 7 aromatic rings. The first-order chi connectivity index (χ1) is 22.1. The minimum Gasteiger partial charge on any atom is -0.509 e. The second kappa shape index (κ2) is 12.6. The molecule has 0 unspecified atom stereocenters. The molecule has 0 aliphatic carbocycles. The Bertz CT molecular complexity index is 2270. The monoisotopic (exact) mass is 708 g/mol. The van der Waals surface area contributed by atoms with Gasteiger partial charge >= 0.3 is 20.4 Å². The van der Waals surface area contributed by atoms with E-state index in [4.69, 9.17) is 14.8 Å². The number of ether oxygens (including phenoxy) is 1. The second-order valence-corrected chi connectivity index (χ2v) is 12.8. The second-order valence-electron chi connectivity index (χ2n) is 12.8. The number of benzene rings is 4. The molecule has 0 aliphatic rings. The Morgan fingerprint density at radius 3 is 2.15 bits per heavy atom. The van der Waals surface area contributed by atoms with E-state index in [0.29, 0.717) is 11.5 Å². The van der Waals surface area contributed by atoms with E-state index in [0.717, 1.165) is 50.1 Å². The van der Waals surface area contributed by atoms with Crippen LogP contribution >= 0.6 is 0 Å². The van der Waals surface area contributed by atoms with Crippen LogP contribution in [-0.4, -0.2) is 19.3 Å². The molecule has 47 heavy (non-hydrogen) atoms. The number of aryl methyl sites for hydroxylation is 6. The summed E-state index contributed by atoms with van der Waals surface area (Å²) in [6.45, 7) is 17.3. The van der Waals surface area contributed by atoms with Gasteiger partial charge in [0.1, 0.15) is 5.82 Å². The summed E-state index contributed by atoms with van der Waals surface area (Å²) < 4.78 is 10.7. The van der Waals surface area contributed by atoms with Crippen LogP contribution in [0.4, 0.5) is 0 Å². The molecule has 0 amide bonds. The Balaban J connectivity index is 0.00000386. The van der Waals surface area contributed by atoms with E-state index in [2.05, 4.69) is 131 Å². The van der Waals surface area contributed by atoms with Gasteiger partial charge in [0.05, 0.1) is 11.4 Å². The van der Waals surface area contributed by atoms with Crippen molar-refractivity contribution in [3.63, 3.8) is 0 Å². The van der Waals surface area contributed by atoms with Crippen molar-refractivity contribution < 1.29 is 25.2 Å². The molecule has 0 saturated heterocycles. The van der Waals surface area contributed by atoms with E-state index >= 15 is 0 Å². The number of para-hydroxylation sites is 1. The molecule has 0 bridgehead atoms. The van der Waals surface area contributed by atoms with Crippen LogP contribution in [0.3, 0.4) is 0 Å². The predicted octanol–water partition coefficient (Wildman–Crippen LogP) is 10.4. The Morgan fingerprint density at radius 1 is 0.702 bits per heavy atom. The summed E-state index contributed by atoms with van der Waals surface area (Å²) in [6.07, 6.45) is 1.85. The van der Waals surface area contributed by atoms with E-state index in [1.165, 1.54) is 33.5 Å². The summed E-state index contributed by atoms with van der Waals surface area (Å²) in [6, 6.07) is 32.4. The van der Waals surface area contributed by atoms with Crippen molar-refractivity contribution in [1.82, 2.24) is 19.3 Å². The molecule has 7 rings (SSSR count). The average molecular weight is 709 g/mol. The third-order valence-electron chi connectivity index (χ3n) is 8.68. The number of aromatic nitrogens is 4.